The van der Waals surface area contributed by atoms with Gasteiger partial charge < -0.3 is 10.3 Å². The van der Waals surface area contributed by atoms with E-state index in [4.69, 9.17) is 11.1 Å². The molecule has 3 N–H and O–H groups in total. The summed E-state index contributed by atoms with van der Waals surface area (Å²) in [6.07, 6.45) is 0. The quantitative estimate of drug-likeness (QED) is 0.649. The summed E-state index contributed by atoms with van der Waals surface area (Å²) in [6.45, 7) is 0. The zero-order valence-corrected chi connectivity index (χ0v) is 10.9. The van der Waals surface area contributed by atoms with Crippen molar-refractivity contribution in [2.24, 2.45) is 5.84 Å². The molecule has 2 aromatic rings. The number of aromatic nitrogens is 1. The van der Waals surface area contributed by atoms with Gasteiger partial charge >= 0.3 is 0 Å². The van der Waals surface area contributed by atoms with Crippen molar-refractivity contribution in [3.63, 3.8) is 0 Å². The highest BCUT2D eigenvalue weighted by Crippen LogP contribution is 2.17. The van der Waals surface area contributed by atoms with E-state index in [2.05, 4.69) is 10.4 Å². The summed E-state index contributed by atoms with van der Waals surface area (Å²) >= 11 is 0. The number of hydrogen-bond acceptors (Lipinski definition) is 5. The van der Waals surface area contributed by atoms with Crippen molar-refractivity contribution in [1.29, 1.82) is 5.26 Å². The molecule has 0 spiro atoms. The van der Waals surface area contributed by atoms with E-state index in [1.165, 1.54) is 4.90 Å². The van der Waals surface area contributed by atoms with Crippen LogP contribution in [0.2, 0.25) is 0 Å². The molecule has 0 saturated heterocycles. The maximum Gasteiger partial charge on any atom is 0.276 e. The zero-order valence-electron chi connectivity index (χ0n) is 10.9. The van der Waals surface area contributed by atoms with E-state index >= 15 is 0 Å². The smallest absolute Gasteiger partial charge is 0.276 e. The molecule has 0 fully saturated rings. The minimum Gasteiger partial charge on any atom is -0.310 e. The van der Waals surface area contributed by atoms with Crippen LogP contribution in [0.5, 0.6) is 0 Å². The first-order valence-electron chi connectivity index (χ1n) is 5.87. The van der Waals surface area contributed by atoms with E-state index in [1.54, 1.807) is 49.5 Å². The van der Waals surface area contributed by atoms with Gasteiger partial charge in [0.2, 0.25) is 0 Å². The maximum absolute atomic E-state index is 12.3. The molecular formula is C14H13N5O. The summed E-state index contributed by atoms with van der Waals surface area (Å²) in [4.78, 5) is 17.8. The molecule has 0 aliphatic carbocycles. The Labute approximate surface area is 116 Å². The van der Waals surface area contributed by atoms with Crippen LogP contribution < -0.4 is 16.2 Å². The molecular weight excluding hydrogens is 254 g/mol. The first-order chi connectivity index (χ1) is 9.65. The van der Waals surface area contributed by atoms with Gasteiger partial charge in [-0.3, -0.25) is 4.79 Å². The lowest BCUT2D eigenvalue weighted by Crippen LogP contribution is -2.27. The van der Waals surface area contributed by atoms with Gasteiger partial charge in [0.15, 0.2) is 0 Å². The monoisotopic (exact) mass is 267 g/mol. The molecule has 0 atom stereocenters. The third-order valence-corrected chi connectivity index (χ3v) is 2.78. The van der Waals surface area contributed by atoms with Crippen LogP contribution >= 0.6 is 0 Å². The second kappa shape index (κ2) is 5.82. The van der Waals surface area contributed by atoms with Gasteiger partial charge in [0.05, 0.1) is 11.6 Å². The molecule has 0 bridgehead atoms. The molecule has 1 aromatic carbocycles. The number of nitrogens with one attached hydrogen (secondary N) is 1. The summed E-state index contributed by atoms with van der Waals surface area (Å²) in [5.74, 6) is 5.40. The highest BCUT2D eigenvalue weighted by Gasteiger charge is 2.15. The van der Waals surface area contributed by atoms with E-state index in [-0.39, 0.29) is 11.6 Å². The molecule has 1 heterocycles. The van der Waals surface area contributed by atoms with E-state index in [1.807, 2.05) is 6.07 Å². The predicted octanol–water partition coefficient (Wildman–Crippen LogP) is 1.52. The number of nitrogens with two attached hydrogens (primary N) is 1. The van der Waals surface area contributed by atoms with Crippen LogP contribution in [0, 0.1) is 11.3 Å². The standard InChI is InChI=1S/C14H13N5O/c1-19(11-5-2-4-10(8-11)9-15)14(20)12-6-3-7-13(17-12)18-16/h2-8H,16H2,1H3,(H,17,18). The van der Waals surface area contributed by atoms with Gasteiger partial charge in [-0.15, -0.1) is 0 Å². The topological polar surface area (TPSA) is 95.0 Å². The van der Waals surface area contributed by atoms with Gasteiger partial charge in [-0.05, 0) is 30.3 Å². The van der Waals surface area contributed by atoms with Crippen molar-refractivity contribution in [1.82, 2.24) is 4.98 Å². The Bertz CT molecular complexity index is 677. The van der Waals surface area contributed by atoms with Crippen molar-refractivity contribution in [2.45, 2.75) is 0 Å². The summed E-state index contributed by atoms with van der Waals surface area (Å²) in [5, 5.41) is 8.88. The van der Waals surface area contributed by atoms with E-state index < -0.39 is 0 Å². The molecule has 2 rings (SSSR count). The molecule has 0 aliphatic heterocycles. The van der Waals surface area contributed by atoms with Crippen LogP contribution in [-0.2, 0) is 0 Å². The number of nitrogens with zero attached hydrogens (tertiary/aromatic N) is 3. The summed E-state index contributed by atoms with van der Waals surface area (Å²) < 4.78 is 0. The summed E-state index contributed by atoms with van der Waals surface area (Å²) in [7, 11) is 1.63. The Kier molecular flexibility index (Phi) is 3.93. The number of hydrogen-bond donors (Lipinski definition) is 2. The number of nitriles is 1. The maximum atomic E-state index is 12.3. The predicted molar refractivity (Wildman–Crippen MR) is 75.9 cm³/mol. The van der Waals surface area contributed by atoms with Crippen LogP contribution in [0.1, 0.15) is 16.1 Å². The molecule has 0 radical (unpaired) electrons. The molecule has 6 nitrogen and oxygen atoms in total. The molecule has 0 saturated carbocycles. The number of carbonyl (C=O) groups is 1. The average molecular weight is 267 g/mol. The van der Waals surface area contributed by atoms with Crippen LogP contribution in [0.25, 0.3) is 0 Å². The lowest BCUT2D eigenvalue weighted by atomic mass is 10.2. The van der Waals surface area contributed by atoms with Gasteiger partial charge in [0, 0.05) is 12.7 Å². The fraction of sp³-hybridized carbons (Fsp3) is 0.0714. The Balaban J connectivity index is 2.30. The fourth-order valence-electron chi connectivity index (χ4n) is 1.71. The number of anilines is 2. The normalized spacial score (nSPS) is 9.65. The Morgan fingerprint density at radius 2 is 2.10 bits per heavy atom. The summed E-state index contributed by atoms with van der Waals surface area (Å²) in [5.41, 5.74) is 3.78. The molecule has 1 amide bonds. The van der Waals surface area contributed by atoms with Gasteiger partial charge in [-0.25, -0.2) is 10.8 Å². The molecule has 0 unspecified atom stereocenters. The molecule has 20 heavy (non-hydrogen) atoms. The van der Waals surface area contributed by atoms with Crippen LogP contribution in [0.15, 0.2) is 42.5 Å². The average Bonchev–Trinajstić information content (AvgIpc) is 2.53. The Hall–Kier alpha value is -2.91. The first kappa shape index (κ1) is 13.5. The number of pyridine rings is 1. The number of carbonyl (C=O) groups excluding carboxylic acids is 1. The summed E-state index contributed by atoms with van der Waals surface area (Å²) in [6, 6.07) is 13.8. The molecule has 0 aliphatic rings. The van der Waals surface area contributed by atoms with Gasteiger partial charge in [-0.1, -0.05) is 12.1 Å². The van der Waals surface area contributed by atoms with Crippen LogP contribution in [0.4, 0.5) is 11.5 Å². The number of rotatable bonds is 3. The van der Waals surface area contributed by atoms with E-state index in [0.717, 1.165) is 0 Å². The SMILES string of the molecule is CN(C(=O)c1cccc(NN)n1)c1cccc(C#N)c1. The third-order valence-electron chi connectivity index (χ3n) is 2.78. The van der Waals surface area contributed by atoms with Crippen molar-refractivity contribution >= 4 is 17.4 Å². The fourth-order valence-corrected chi connectivity index (χ4v) is 1.71. The van der Waals surface area contributed by atoms with Gasteiger partial charge in [0.1, 0.15) is 11.5 Å². The van der Waals surface area contributed by atoms with Crippen molar-refractivity contribution in [3.8, 4) is 6.07 Å². The minimum atomic E-state index is -0.280. The highest BCUT2D eigenvalue weighted by atomic mass is 16.2. The molecule has 1 aromatic heterocycles. The third kappa shape index (κ3) is 2.74. The van der Waals surface area contributed by atoms with Gasteiger partial charge in [-0.2, -0.15) is 5.26 Å². The number of nitrogen functional groups attached to an aromatic ring is 1. The Morgan fingerprint density at radius 3 is 2.80 bits per heavy atom. The number of amides is 1. The van der Waals surface area contributed by atoms with Crippen molar-refractivity contribution in [3.05, 3.63) is 53.7 Å². The first-order valence-corrected chi connectivity index (χ1v) is 5.87. The van der Waals surface area contributed by atoms with E-state index in [9.17, 15) is 4.79 Å². The van der Waals surface area contributed by atoms with Crippen molar-refractivity contribution < 1.29 is 4.79 Å². The largest absolute Gasteiger partial charge is 0.310 e. The highest BCUT2D eigenvalue weighted by molar-refractivity contribution is 6.04. The number of hydrazine groups is 1. The van der Waals surface area contributed by atoms with Gasteiger partial charge in [0.25, 0.3) is 5.91 Å². The van der Waals surface area contributed by atoms with Crippen LogP contribution in [-0.4, -0.2) is 17.9 Å². The van der Waals surface area contributed by atoms with Crippen LogP contribution in [0.3, 0.4) is 0 Å². The van der Waals surface area contributed by atoms with E-state index in [0.29, 0.717) is 17.1 Å². The molecule has 6 heteroatoms. The van der Waals surface area contributed by atoms with Crippen molar-refractivity contribution in [2.75, 3.05) is 17.4 Å². The minimum absolute atomic E-state index is 0.269. The zero-order chi connectivity index (χ0) is 14.5. The number of benzene rings is 1. The lowest BCUT2D eigenvalue weighted by molar-refractivity contribution is 0.0988. The molecule has 100 valence electrons. The second-order valence-electron chi connectivity index (χ2n) is 4.08. The Morgan fingerprint density at radius 1 is 1.35 bits per heavy atom. The second-order valence-corrected chi connectivity index (χ2v) is 4.08. The lowest BCUT2D eigenvalue weighted by Gasteiger charge is -2.17.